The molecule has 45 valence electrons. The zero-order chi connectivity index (χ0) is 5.82. The minimum absolute atomic E-state index is 1.31. The second-order valence-electron chi connectivity index (χ2n) is 2.42. The van der Waals surface area contributed by atoms with Gasteiger partial charge in [0, 0.05) is 0 Å². The van der Waals surface area contributed by atoms with Crippen LogP contribution in [0.2, 0.25) is 0 Å². The van der Waals surface area contributed by atoms with Gasteiger partial charge in [0.2, 0.25) is 0 Å². The molecule has 1 fully saturated rings. The van der Waals surface area contributed by atoms with Crippen LogP contribution in [-0.2, 0) is 0 Å². The van der Waals surface area contributed by atoms with Crippen molar-refractivity contribution in [3.05, 3.63) is 18.6 Å². The Labute approximate surface area is 51.6 Å². The molecule has 0 heterocycles. The fourth-order valence-corrected chi connectivity index (χ4v) is 1.21. The lowest BCUT2D eigenvalue weighted by Gasteiger charge is -2.11. The molecule has 0 nitrogen and oxygen atoms in total. The molecule has 0 heteroatoms. The summed E-state index contributed by atoms with van der Waals surface area (Å²) in [6.45, 7) is 3.75. The third kappa shape index (κ3) is 1.36. The Kier molecular flexibility index (Phi) is 2.13. The van der Waals surface area contributed by atoms with Crippen molar-refractivity contribution in [1.29, 1.82) is 0 Å². The summed E-state index contributed by atoms with van der Waals surface area (Å²) in [7, 11) is 0. The van der Waals surface area contributed by atoms with E-state index in [0.29, 0.717) is 0 Å². The summed E-state index contributed by atoms with van der Waals surface area (Å²) in [6, 6.07) is 0. The Bertz CT molecular complexity index is 82.2. The topological polar surface area (TPSA) is 0 Å². The lowest BCUT2D eigenvalue weighted by atomic mass is 9.95. The van der Waals surface area contributed by atoms with Crippen molar-refractivity contribution in [3.63, 3.8) is 0 Å². The quantitative estimate of drug-likeness (QED) is 0.448. The third-order valence-electron chi connectivity index (χ3n) is 1.78. The predicted octanol–water partition coefficient (Wildman–Crippen LogP) is 2.71. The fourth-order valence-electron chi connectivity index (χ4n) is 1.21. The first-order valence-electron chi connectivity index (χ1n) is 3.40. The summed E-state index contributed by atoms with van der Waals surface area (Å²) in [4.78, 5) is 0. The molecule has 0 aromatic heterocycles. The maximum Gasteiger partial charge on any atom is -0.0313 e. The maximum atomic E-state index is 3.75. The highest BCUT2D eigenvalue weighted by molar-refractivity contribution is 5.05. The minimum Gasteiger partial charge on any atom is -0.0850 e. The maximum absolute atomic E-state index is 3.75. The SMILES string of the molecule is [CH2]C=C1CCCCC1. The molecule has 1 saturated carbocycles. The summed E-state index contributed by atoms with van der Waals surface area (Å²) in [5.41, 5.74) is 1.57. The highest BCUT2D eigenvalue weighted by Gasteiger charge is 2.02. The monoisotopic (exact) mass is 109 g/mol. The van der Waals surface area contributed by atoms with Crippen molar-refractivity contribution in [2.24, 2.45) is 0 Å². The van der Waals surface area contributed by atoms with E-state index in [2.05, 4.69) is 6.92 Å². The van der Waals surface area contributed by atoms with Crippen LogP contribution in [0, 0.1) is 6.92 Å². The molecule has 0 spiro atoms. The van der Waals surface area contributed by atoms with Gasteiger partial charge in [-0.15, -0.1) is 0 Å². The van der Waals surface area contributed by atoms with E-state index in [1.54, 1.807) is 5.57 Å². The molecule has 0 bridgehead atoms. The van der Waals surface area contributed by atoms with Crippen LogP contribution < -0.4 is 0 Å². The van der Waals surface area contributed by atoms with Crippen LogP contribution in [-0.4, -0.2) is 0 Å². The summed E-state index contributed by atoms with van der Waals surface area (Å²) < 4.78 is 0. The average Bonchev–Trinajstić information content (AvgIpc) is 1.90. The number of allylic oxidation sites excluding steroid dienone is 2. The molecule has 0 aromatic carbocycles. The van der Waals surface area contributed by atoms with Crippen LogP contribution in [0.1, 0.15) is 32.1 Å². The zero-order valence-corrected chi connectivity index (χ0v) is 5.32. The molecule has 1 rings (SSSR count). The summed E-state index contributed by atoms with van der Waals surface area (Å²) >= 11 is 0. The van der Waals surface area contributed by atoms with Crippen molar-refractivity contribution in [2.45, 2.75) is 32.1 Å². The second-order valence-corrected chi connectivity index (χ2v) is 2.42. The van der Waals surface area contributed by atoms with Gasteiger partial charge in [-0.05, 0) is 32.6 Å². The molecule has 1 radical (unpaired) electrons. The molecule has 0 N–H and O–H groups in total. The molecule has 1 aliphatic carbocycles. The van der Waals surface area contributed by atoms with Gasteiger partial charge in [-0.1, -0.05) is 18.1 Å². The molecular weight excluding hydrogens is 96.1 g/mol. The van der Waals surface area contributed by atoms with Crippen LogP contribution in [0.15, 0.2) is 11.6 Å². The van der Waals surface area contributed by atoms with Crippen LogP contribution in [0.4, 0.5) is 0 Å². The summed E-state index contributed by atoms with van der Waals surface area (Å²) in [5, 5.41) is 0. The van der Waals surface area contributed by atoms with Gasteiger partial charge in [-0.2, -0.15) is 0 Å². The Morgan fingerprint density at radius 1 is 1.12 bits per heavy atom. The van der Waals surface area contributed by atoms with Gasteiger partial charge in [0.25, 0.3) is 0 Å². The smallest absolute Gasteiger partial charge is 0.0313 e. The van der Waals surface area contributed by atoms with Crippen molar-refractivity contribution >= 4 is 0 Å². The molecule has 0 unspecified atom stereocenters. The Hall–Kier alpha value is -0.260. The molecule has 8 heavy (non-hydrogen) atoms. The van der Waals surface area contributed by atoms with Crippen molar-refractivity contribution in [2.75, 3.05) is 0 Å². The molecule has 0 amide bonds. The Balaban J connectivity index is 2.33. The Morgan fingerprint density at radius 2 is 1.75 bits per heavy atom. The van der Waals surface area contributed by atoms with Gasteiger partial charge in [-0.3, -0.25) is 0 Å². The molecule has 0 atom stereocenters. The van der Waals surface area contributed by atoms with E-state index < -0.39 is 0 Å². The van der Waals surface area contributed by atoms with Gasteiger partial charge in [0.1, 0.15) is 0 Å². The molecule has 0 aliphatic heterocycles. The van der Waals surface area contributed by atoms with E-state index in [1.165, 1.54) is 32.1 Å². The van der Waals surface area contributed by atoms with Gasteiger partial charge < -0.3 is 0 Å². The highest BCUT2D eigenvalue weighted by Crippen LogP contribution is 2.21. The van der Waals surface area contributed by atoms with E-state index in [0.717, 1.165) is 0 Å². The molecule has 1 aliphatic rings. The number of hydrogen-bond donors (Lipinski definition) is 0. The second kappa shape index (κ2) is 2.91. The van der Waals surface area contributed by atoms with Crippen molar-refractivity contribution < 1.29 is 0 Å². The first kappa shape index (κ1) is 5.87. The summed E-state index contributed by atoms with van der Waals surface area (Å²) in [5.74, 6) is 0. The lowest BCUT2D eigenvalue weighted by Crippen LogP contribution is -1.91. The van der Waals surface area contributed by atoms with Crippen molar-refractivity contribution in [3.8, 4) is 0 Å². The van der Waals surface area contributed by atoms with E-state index in [-0.39, 0.29) is 0 Å². The van der Waals surface area contributed by atoms with E-state index in [4.69, 9.17) is 0 Å². The van der Waals surface area contributed by atoms with E-state index in [9.17, 15) is 0 Å². The van der Waals surface area contributed by atoms with Gasteiger partial charge in [-0.25, -0.2) is 0 Å². The first-order chi connectivity index (χ1) is 3.93. The van der Waals surface area contributed by atoms with Gasteiger partial charge in [0.15, 0.2) is 0 Å². The molecular formula is C8H13. The molecule has 0 aromatic rings. The Morgan fingerprint density at radius 3 is 2.12 bits per heavy atom. The third-order valence-corrected chi connectivity index (χ3v) is 1.78. The van der Waals surface area contributed by atoms with Gasteiger partial charge in [0.05, 0.1) is 0 Å². The largest absolute Gasteiger partial charge is 0.0850 e. The lowest BCUT2D eigenvalue weighted by molar-refractivity contribution is 0.599. The average molecular weight is 109 g/mol. The zero-order valence-electron chi connectivity index (χ0n) is 5.32. The van der Waals surface area contributed by atoms with Crippen LogP contribution in [0.25, 0.3) is 0 Å². The first-order valence-corrected chi connectivity index (χ1v) is 3.40. The molecule has 0 saturated heterocycles. The van der Waals surface area contributed by atoms with Crippen LogP contribution >= 0.6 is 0 Å². The number of hydrogen-bond acceptors (Lipinski definition) is 0. The van der Waals surface area contributed by atoms with E-state index >= 15 is 0 Å². The highest BCUT2D eigenvalue weighted by atomic mass is 14.1. The fraction of sp³-hybridized carbons (Fsp3) is 0.625. The minimum atomic E-state index is 1.31. The summed E-state index contributed by atoms with van der Waals surface area (Å²) in [6.07, 6.45) is 8.85. The van der Waals surface area contributed by atoms with Crippen molar-refractivity contribution in [1.82, 2.24) is 0 Å². The van der Waals surface area contributed by atoms with Gasteiger partial charge >= 0.3 is 0 Å². The number of rotatable bonds is 0. The normalized spacial score (nSPS) is 20.9. The standard InChI is InChI=1S/C8H13/c1-2-8-6-4-3-5-7-8/h2H,1,3-7H2. The van der Waals surface area contributed by atoms with Crippen LogP contribution in [0.3, 0.4) is 0 Å². The van der Waals surface area contributed by atoms with Crippen LogP contribution in [0.5, 0.6) is 0 Å². The van der Waals surface area contributed by atoms with E-state index in [1.807, 2.05) is 6.08 Å². The predicted molar refractivity (Wildman–Crippen MR) is 36.5 cm³/mol.